The Hall–Kier alpha value is -2.21. The van der Waals surface area contributed by atoms with Crippen LogP contribution in [-0.2, 0) is 6.42 Å². The van der Waals surface area contributed by atoms with Gasteiger partial charge in [0, 0.05) is 29.7 Å². The maximum absolute atomic E-state index is 8.69. The highest BCUT2D eigenvalue weighted by Gasteiger charge is 2.04. The average Bonchev–Trinajstić information content (AvgIpc) is 2.31. The number of nitrogens with zero attached hydrogens (tertiary/aromatic N) is 3. The van der Waals surface area contributed by atoms with E-state index in [0.717, 1.165) is 16.8 Å². The first-order valence-corrected chi connectivity index (χ1v) is 4.63. The average molecular weight is 195 g/mol. The maximum atomic E-state index is 8.69. The Bertz CT molecular complexity index is 486. The largest absolute Gasteiger partial charge is 0.264 e. The molecular weight excluding hydrogens is 186 g/mol. The highest BCUT2D eigenvalue weighted by Crippen LogP contribution is 2.20. The fourth-order valence-corrected chi connectivity index (χ4v) is 1.44. The van der Waals surface area contributed by atoms with Crippen molar-refractivity contribution in [3.8, 4) is 17.2 Å². The molecule has 3 nitrogen and oxygen atoms in total. The van der Waals surface area contributed by atoms with Crippen LogP contribution in [-0.4, -0.2) is 9.97 Å². The first-order chi connectivity index (χ1) is 7.42. The molecule has 0 amide bonds. The van der Waals surface area contributed by atoms with E-state index in [2.05, 4.69) is 16.0 Å². The van der Waals surface area contributed by atoms with E-state index in [0.29, 0.717) is 6.42 Å². The second-order valence-electron chi connectivity index (χ2n) is 3.07. The molecule has 0 unspecified atom stereocenters. The summed E-state index contributed by atoms with van der Waals surface area (Å²) in [5.41, 5.74) is 2.77. The summed E-state index contributed by atoms with van der Waals surface area (Å²) in [7, 11) is 0. The van der Waals surface area contributed by atoms with Crippen molar-refractivity contribution in [2.75, 3.05) is 0 Å². The van der Waals surface area contributed by atoms with Crippen LogP contribution >= 0.6 is 0 Å². The lowest BCUT2D eigenvalue weighted by molar-refractivity contribution is 1.12. The topological polar surface area (TPSA) is 49.6 Å². The van der Waals surface area contributed by atoms with Gasteiger partial charge >= 0.3 is 0 Å². The van der Waals surface area contributed by atoms with E-state index in [4.69, 9.17) is 5.26 Å². The van der Waals surface area contributed by atoms with Gasteiger partial charge in [0.05, 0.1) is 18.2 Å². The zero-order chi connectivity index (χ0) is 10.5. The molecule has 0 atom stereocenters. The minimum Gasteiger partial charge on any atom is -0.264 e. The molecule has 2 heterocycles. The first-order valence-electron chi connectivity index (χ1n) is 4.63. The Morgan fingerprint density at radius 3 is 2.80 bits per heavy atom. The standard InChI is InChI=1S/C12H9N3/c13-6-5-12-11(4-2-8-15-12)10-3-1-7-14-9-10/h1-4,7-9H,5H2. The molecule has 0 saturated heterocycles. The normalized spacial score (nSPS) is 9.53. The first kappa shape index (κ1) is 9.35. The van der Waals surface area contributed by atoms with E-state index in [-0.39, 0.29) is 0 Å². The van der Waals surface area contributed by atoms with Crippen LogP contribution in [0.4, 0.5) is 0 Å². The molecule has 0 aliphatic carbocycles. The van der Waals surface area contributed by atoms with Crippen LogP contribution < -0.4 is 0 Å². The van der Waals surface area contributed by atoms with Gasteiger partial charge in [-0.2, -0.15) is 5.26 Å². The summed E-state index contributed by atoms with van der Waals surface area (Å²) in [6.07, 6.45) is 5.53. The Kier molecular flexibility index (Phi) is 2.70. The molecule has 3 heteroatoms. The van der Waals surface area contributed by atoms with Gasteiger partial charge in [-0.05, 0) is 12.1 Å². The van der Waals surface area contributed by atoms with Crippen LogP contribution in [0.25, 0.3) is 11.1 Å². The van der Waals surface area contributed by atoms with Crippen molar-refractivity contribution in [3.63, 3.8) is 0 Å². The van der Waals surface area contributed by atoms with Crippen LogP contribution in [0.3, 0.4) is 0 Å². The minimum atomic E-state index is 0.324. The lowest BCUT2D eigenvalue weighted by atomic mass is 10.0. The van der Waals surface area contributed by atoms with Crippen molar-refractivity contribution in [2.24, 2.45) is 0 Å². The summed E-state index contributed by atoms with van der Waals surface area (Å²) in [5.74, 6) is 0. The predicted molar refractivity (Wildman–Crippen MR) is 56.8 cm³/mol. The second kappa shape index (κ2) is 4.34. The molecule has 2 aromatic rings. The smallest absolute Gasteiger partial charge is 0.0781 e. The van der Waals surface area contributed by atoms with Crippen LogP contribution in [0.2, 0.25) is 0 Å². The van der Waals surface area contributed by atoms with E-state index in [9.17, 15) is 0 Å². The Balaban J connectivity index is 2.49. The minimum absolute atomic E-state index is 0.324. The molecule has 72 valence electrons. The SMILES string of the molecule is N#CCc1ncccc1-c1cccnc1. The zero-order valence-corrected chi connectivity index (χ0v) is 8.09. The lowest BCUT2D eigenvalue weighted by Crippen LogP contribution is -1.92. The number of hydrogen-bond acceptors (Lipinski definition) is 3. The summed E-state index contributed by atoms with van der Waals surface area (Å²) in [6.45, 7) is 0. The van der Waals surface area contributed by atoms with Crippen molar-refractivity contribution in [1.82, 2.24) is 9.97 Å². The van der Waals surface area contributed by atoms with E-state index in [1.807, 2.05) is 24.3 Å². The van der Waals surface area contributed by atoms with Gasteiger partial charge in [0.2, 0.25) is 0 Å². The molecule has 0 radical (unpaired) electrons. The lowest BCUT2D eigenvalue weighted by Gasteiger charge is -2.04. The third kappa shape index (κ3) is 2.00. The molecule has 0 spiro atoms. The summed E-state index contributed by atoms with van der Waals surface area (Å²) in [4.78, 5) is 8.25. The Morgan fingerprint density at radius 2 is 2.07 bits per heavy atom. The van der Waals surface area contributed by atoms with E-state index in [1.54, 1.807) is 18.6 Å². The summed E-state index contributed by atoms with van der Waals surface area (Å²) >= 11 is 0. The predicted octanol–water partition coefficient (Wildman–Crippen LogP) is 2.21. The molecule has 0 bridgehead atoms. The van der Waals surface area contributed by atoms with E-state index < -0.39 is 0 Å². The van der Waals surface area contributed by atoms with Crippen molar-refractivity contribution < 1.29 is 0 Å². The molecular formula is C12H9N3. The number of pyridine rings is 2. The summed E-state index contributed by atoms with van der Waals surface area (Å²) in [5, 5.41) is 8.69. The number of hydrogen-bond donors (Lipinski definition) is 0. The van der Waals surface area contributed by atoms with Crippen molar-refractivity contribution in [1.29, 1.82) is 5.26 Å². The molecule has 0 aliphatic rings. The van der Waals surface area contributed by atoms with Crippen molar-refractivity contribution in [3.05, 3.63) is 48.5 Å². The summed E-state index contributed by atoms with van der Waals surface area (Å²) < 4.78 is 0. The molecule has 0 N–H and O–H groups in total. The second-order valence-corrected chi connectivity index (χ2v) is 3.07. The summed E-state index contributed by atoms with van der Waals surface area (Å²) in [6, 6.07) is 9.77. The van der Waals surface area contributed by atoms with Crippen LogP contribution in [0.5, 0.6) is 0 Å². The van der Waals surface area contributed by atoms with Gasteiger partial charge in [-0.1, -0.05) is 12.1 Å². The molecule has 2 rings (SSSR count). The molecule has 2 aromatic heterocycles. The van der Waals surface area contributed by atoms with Gasteiger partial charge in [-0.3, -0.25) is 9.97 Å². The Labute approximate surface area is 88.1 Å². The van der Waals surface area contributed by atoms with Gasteiger partial charge < -0.3 is 0 Å². The fourth-order valence-electron chi connectivity index (χ4n) is 1.44. The Morgan fingerprint density at radius 1 is 1.20 bits per heavy atom. The number of aromatic nitrogens is 2. The van der Waals surface area contributed by atoms with E-state index >= 15 is 0 Å². The third-order valence-electron chi connectivity index (χ3n) is 2.11. The third-order valence-corrected chi connectivity index (χ3v) is 2.11. The van der Waals surface area contributed by atoms with Gasteiger partial charge in [0.15, 0.2) is 0 Å². The molecule has 0 aliphatic heterocycles. The van der Waals surface area contributed by atoms with Gasteiger partial charge in [-0.25, -0.2) is 0 Å². The van der Waals surface area contributed by atoms with Crippen molar-refractivity contribution >= 4 is 0 Å². The molecule has 0 aromatic carbocycles. The molecule has 0 fully saturated rings. The molecule has 15 heavy (non-hydrogen) atoms. The monoisotopic (exact) mass is 195 g/mol. The van der Waals surface area contributed by atoms with E-state index in [1.165, 1.54) is 0 Å². The van der Waals surface area contributed by atoms with Crippen molar-refractivity contribution in [2.45, 2.75) is 6.42 Å². The van der Waals surface area contributed by atoms with Crippen LogP contribution in [0.15, 0.2) is 42.9 Å². The number of nitriles is 1. The van der Waals surface area contributed by atoms with Crippen LogP contribution in [0, 0.1) is 11.3 Å². The van der Waals surface area contributed by atoms with Gasteiger partial charge in [-0.15, -0.1) is 0 Å². The van der Waals surface area contributed by atoms with Gasteiger partial charge in [0.1, 0.15) is 0 Å². The highest BCUT2D eigenvalue weighted by molar-refractivity contribution is 5.64. The zero-order valence-electron chi connectivity index (χ0n) is 8.09. The fraction of sp³-hybridized carbons (Fsp3) is 0.0833. The maximum Gasteiger partial charge on any atom is 0.0781 e. The molecule has 0 saturated carbocycles. The highest BCUT2D eigenvalue weighted by atomic mass is 14.7. The van der Waals surface area contributed by atoms with Gasteiger partial charge in [0.25, 0.3) is 0 Å². The number of rotatable bonds is 2. The quantitative estimate of drug-likeness (QED) is 0.738. The van der Waals surface area contributed by atoms with Crippen LogP contribution in [0.1, 0.15) is 5.69 Å².